The van der Waals surface area contributed by atoms with E-state index in [0.29, 0.717) is 0 Å². The summed E-state index contributed by atoms with van der Waals surface area (Å²) < 4.78 is 2.18. The van der Waals surface area contributed by atoms with Crippen molar-refractivity contribution in [2.75, 3.05) is 0 Å². The molecule has 0 amide bonds. The number of para-hydroxylation sites is 1. The van der Waals surface area contributed by atoms with Gasteiger partial charge in [-0.2, -0.15) is 0 Å². The van der Waals surface area contributed by atoms with Crippen LogP contribution in [0.1, 0.15) is 36.1 Å². The van der Waals surface area contributed by atoms with Gasteiger partial charge in [0.15, 0.2) is 0 Å². The molecular weight excluding hydrogens is 749 g/mol. The molecule has 2 nitrogen and oxygen atoms in total. The van der Waals surface area contributed by atoms with Gasteiger partial charge in [0.25, 0.3) is 0 Å². The molecule has 1 heterocycles. The first-order chi connectivity index (χ1) is 22.4. The third-order valence-corrected chi connectivity index (χ3v) is 9.19. The predicted molar refractivity (Wildman–Crippen MR) is 192 cm³/mol. The molecule has 0 aliphatic carbocycles. The largest absolute Gasteiger partial charge is 0.340 e. The van der Waals surface area contributed by atoms with E-state index in [4.69, 9.17) is 4.98 Å². The Balaban J connectivity index is 0.00000386. The normalized spacial score (nSPS) is 11.2. The van der Waals surface area contributed by atoms with Crippen LogP contribution in [0.2, 0.25) is 0 Å². The number of imidazole rings is 1. The van der Waals surface area contributed by atoms with Gasteiger partial charge in [-0.15, -0.1) is 35.4 Å². The van der Waals surface area contributed by atoms with E-state index in [9.17, 15) is 0 Å². The Bertz CT molecular complexity index is 2120. The summed E-state index contributed by atoms with van der Waals surface area (Å²) in [6.45, 7) is 8.87. The minimum atomic E-state index is -0.0598. The molecule has 0 aliphatic heterocycles. The van der Waals surface area contributed by atoms with Gasteiger partial charge in [0, 0.05) is 43.6 Å². The average Bonchev–Trinajstić information content (AvgIpc) is 3.58. The molecule has 6 aromatic carbocycles. The Hall–Kier alpha value is -4.82. The third kappa shape index (κ3) is 6.43. The van der Waals surface area contributed by atoms with E-state index < -0.39 is 0 Å². The van der Waals surface area contributed by atoms with Crippen molar-refractivity contribution in [2.45, 2.75) is 33.1 Å². The van der Waals surface area contributed by atoms with Gasteiger partial charge in [0.2, 0.25) is 0 Å². The zero-order chi connectivity index (χ0) is 31.7. The molecule has 0 bridgehead atoms. The van der Waals surface area contributed by atoms with Crippen LogP contribution in [0, 0.1) is 19.9 Å². The molecule has 0 fully saturated rings. The molecule has 0 saturated carbocycles. The van der Waals surface area contributed by atoms with Crippen molar-refractivity contribution in [3.05, 3.63) is 180 Å². The Morgan fingerprint density at radius 2 is 1.09 bits per heavy atom. The maximum absolute atomic E-state index is 4.75. The molecule has 1 aromatic heterocycles. The van der Waals surface area contributed by atoms with Crippen LogP contribution in [0.25, 0.3) is 50.5 Å². The molecule has 0 N–H and O–H groups in total. The van der Waals surface area contributed by atoms with E-state index >= 15 is 0 Å². The molecule has 3 heteroatoms. The molecule has 233 valence electrons. The summed E-state index contributed by atoms with van der Waals surface area (Å²) in [6, 6.07) is 53.6. The Morgan fingerprint density at radius 3 is 1.70 bits per heavy atom. The molecular formula is C44H37IrN2-. The SMILES string of the molecule is Cc1cccc(C)c1-n1ccnc1-c1[c-]ccc(-c2cccc(-c3cccc(-c4ccc(C(C)(C)c5ccccc5)cc4)c3)c2)c1.[Ir]. The van der Waals surface area contributed by atoms with Gasteiger partial charge in [0.05, 0.1) is 5.82 Å². The second-order valence-corrected chi connectivity index (χ2v) is 12.6. The standard InChI is InChI=1S/C44H37N2.Ir/c1-31-12-8-13-32(2)42(31)46-27-26-45-43(46)39-19-11-18-38(30-39)37-17-10-16-36(29-37)35-15-9-14-34(28-35)33-22-24-41(25-23-33)44(3,4)40-20-6-5-7-21-40;/h5-18,20-30H,1-4H3;/q-1;. The molecule has 47 heavy (non-hydrogen) atoms. The first-order valence-electron chi connectivity index (χ1n) is 15.9. The van der Waals surface area contributed by atoms with E-state index in [1.54, 1.807) is 0 Å². The topological polar surface area (TPSA) is 17.8 Å². The van der Waals surface area contributed by atoms with E-state index in [2.05, 4.69) is 172 Å². The zero-order valence-corrected chi connectivity index (χ0v) is 29.6. The number of benzene rings is 6. The second-order valence-electron chi connectivity index (χ2n) is 12.6. The molecule has 7 rings (SSSR count). The van der Waals surface area contributed by atoms with E-state index in [-0.39, 0.29) is 25.5 Å². The van der Waals surface area contributed by atoms with Crippen LogP contribution in [0.15, 0.2) is 152 Å². The molecule has 0 aliphatic rings. The Labute approximate surface area is 292 Å². The number of hydrogen-bond donors (Lipinski definition) is 0. The van der Waals surface area contributed by atoms with Crippen LogP contribution < -0.4 is 0 Å². The smallest absolute Gasteiger partial charge is 0.0603 e. The quantitative estimate of drug-likeness (QED) is 0.147. The summed E-state index contributed by atoms with van der Waals surface area (Å²) in [6.07, 6.45) is 3.91. The summed E-state index contributed by atoms with van der Waals surface area (Å²) in [5, 5.41) is 0. The van der Waals surface area contributed by atoms with Crippen LogP contribution in [-0.2, 0) is 25.5 Å². The fourth-order valence-corrected chi connectivity index (χ4v) is 6.50. The molecule has 7 aromatic rings. The second kappa shape index (κ2) is 13.5. The zero-order valence-electron chi connectivity index (χ0n) is 27.2. The van der Waals surface area contributed by atoms with Crippen LogP contribution in [0.3, 0.4) is 0 Å². The van der Waals surface area contributed by atoms with Gasteiger partial charge in [-0.3, -0.25) is 4.98 Å². The summed E-state index contributed by atoms with van der Waals surface area (Å²) in [4.78, 5) is 4.75. The summed E-state index contributed by atoms with van der Waals surface area (Å²) in [5.41, 5.74) is 14.3. The van der Waals surface area contributed by atoms with Crippen LogP contribution in [0.4, 0.5) is 0 Å². The molecule has 0 atom stereocenters. The number of aryl methyl sites for hydroxylation is 2. The minimum Gasteiger partial charge on any atom is -0.340 e. The fraction of sp³-hybridized carbons (Fsp3) is 0.114. The summed E-state index contributed by atoms with van der Waals surface area (Å²) >= 11 is 0. The molecule has 0 saturated heterocycles. The fourth-order valence-electron chi connectivity index (χ4n) is 6.50. The average molecular weight is 786 g/mol. The Kier molecular flexibility index (Phi) is 9.23. The van der Waals surface area contributed by atoms with Crippen molar-refractivity contribution in [1.82, 2.24) is 9.55 Å². The number of nitrogens with zero attached hydrogens (tertiary/aromatic N) is 2. The van der Waals surface area contributed by atoms with Crippen molar-refractivity contribution in [3.63, 3.8) is 0 Å². The van der Waals surface area contributed by atoms with Crippen LogP contribution in [-0.4, -0.2) is 9.55 Å². The van der Waals surface area contributed by atoms with E-state index in [0.717, 1.165) is 22.5 Å². The predicted octanol–water partition coefficient (Wildman–Crippen LogP) is 11.3. The third-order valence-electron chi connectivity index (χ3n) is 9.19. The van der Waals surface area contributed by atoms with Gasteiger partial charge in [-0.25, -0.2) is 0 Å². The van der Waals surface area contributed by atoms with Gasteiger partial charge in [-0.1, -0.05) is 123 Å². The van der Waals surface area contributed by atoms with E-state index in [1.807, 2.05) is 18.5 Å². The van der Waals surface area contributed by atoms with Crippen molar-refractivity contribution < 1.29 is 20.1 Å². The maximum Gasteiger partial charge on any atom is 0.0603 e. The van der Waals surface area contributed by atoms with Crippen molar-refractivity contribution in [1.29, 1.82) is 0 Å². The number of aromatic nitrogens is 2. The monoisotopic (exact) mass is 786 g/mol. The van der Waals surface area contributed by atoms with Gasteiger partial charge in [-0.05, 0) is 76.1 Å². The van der Waals surface area contributed by atoms with Crippen molar-refractivity contribution in [2.24, 2.45) is 0 Å². The molecule has 0 unspecified atom stereocenters. The van der Waals surface area contributed by atoms with Crippen LogP contribution in [0.5, 0.6) is 0 Å². The summed E-state index contributed by atoms with van der Waals surface area (Å²) in [5.74, 6) is 0.890. The minimum absolute atomic E-state index is 0. The molecule has 0 spiro atoms. The molecule has 1 radical (unpaired) electrons. The summed E-state index contributed by atoms with van der Waals surface area (Å²) in [7, 11) is 0. The first kappa shape index (κ1) is 32.1. The van der Waals surface area contributed by atoms with Crippen molar-refractivity contribution in [3.8, 4) is 50.5 Å². The number of hydrogen-bond acceptors (Lipinski definition) is 1. The Morgan fingerprint density at radius 1 is 0.553 bits per heavy atom. The van der Waals surface area contributed by atoms with E-state index in [1.165, 1.54) is 50.2 Å². The first-order valence-corrected chi connectivity index (χ1v) is 15.9. The van der Waals surface area contributed by atoms with Gasteiger partial charge in [0.1, 0.15) is 0 Å². The number of rotatable bonds is 7. The maximum atomic E-state index is 4.75. The van der Waals surface area contributed by atoms with Gasteiger partial charge >= 0.3 is 0 Å². The van der Waals surface area contributed by atoms with Gasteiger partial charge < -0.3 is 4.57 Å². The van der Waals surface area contributed by atoms with Crippen LogP contribution >= 0.6 is 0 Å². The van der Waals surface area contributed by atoms with Crippen molar-refractivity contribution >= 4 is 0 Å².